The first-order chi connectivity index (χ1) is 10.1. The van der Waals surface area contributed by atoms with E-state index in [0.29, 0.717) is 6.42 Å². The number of hydrogen-bond acceptors (Lipinski definition) is 3. The molecule has 2 N–H and O–H groups in total. The van der Waals surface area contributed by atoms with Crippen molar-refractivity contribution in [2.24, 2.45) is 17.8 Å². The van der Waals surface area contributed by atoms with Crippen LogP contribution in [0.25, 0.3) is 0 Å². The van der Waals surface area contributed by atoms with Crippen molar-refractivity contribution >= 4 is 11.7 Å². The van der Waals surface area contributed by atoms with Crippen LogP contribution in [0.2, 0.25) is 0 Å². The van der Waals surface area contributed by atoms with E-state index >= 15 is 0 Å². The summed E-state index contributed by atoms with van der Waals surface area (Å²) < 4.78 is 6.01. The van der Waals surface area contributed by atoms with Gasteiger partial charge >= 0.3 is 5.97 Å². The van der Waals surface area contributed by atoms with Crippen molar-refractivity contribution in [2.75, 3.05) is 5.73 Å². The maximum absolute atomic E-state index is 12.3. The molecule has 21 heavy (non-hydrogen) atoms. The molecule has 1 aromatic carbocycles. The molecule has 0 heterocycles. The van der Waals surface area contributed by atoms with E-state index in [2.05, 4.69) is 0 Å². The van der Waals surface area contributed by atoms with E-state index in [1.165, 1.54) is 19.3 Å². The molecule has 3 heteroatoms. The van der Waals surface area contributed by atoms with Crippen LogP contribution >= 0.6 is 0 Å². The summed E-state index contributed by atoms with van der Waals surface area (Å²) in [6.45, 7) is 0. The van der Waals surface area contributed by atoms with Gasteiger partial charge in [-0.25, -0.2) is 0 Å². The third kappa shape index (κ3) is 2.54. The third-order valence-corrected chi connectivity index (χ3v) is 5.64. The molecular weight excluding hydrogens is 262 g/mol. The molecule has 0 atom stereocenters. The first-order valence-corrected chi connectivity index (χ1v) is 8.16. The Labute approximate surface area is 125 Å². The highest BCUT2D eigenvalue weighted by Gasteiger charge is 2.53. The lowest BCUT2D eigenvalue weighted by Gasteiger charge is -2.55. The third-order valence-electron chi connectivity index (χ3n) is 5.64. The molecule has 0 spiro atoms. The van der Waals surface area contributed by atoms with Gasteiger partial charge in [-0.2, -0.15) is 0 Å². The fraction of sp³-hybridized carbons (Fsp3) is 0.611. The Morgan fingerprint density at radius 2 is 1.57 bits per heavy atom. The molecule has 0 aliphatic heterocycles. The number of hydrogen-bond donors (Lipinski definition) is 1. The van der Waals surface area contributed by atoms with Crippen LogP contribution in [0, 0.1) is 17.8 Å². The molecule has 1 aromatic rings. The summed E-state index contributed by atoms with van der Waals surface area (Å²) >= 11 is 0. The van der Waals surface area contributed by atoms with E-state index < -0.39 is 0 Å². The highest BCUT2D eigenvalue weighted by Crippen LogP contribution is 2.57. The lowest BCUT2D eigenvalue weighted by Crippen LogP contribution is -2.52. The van der Waals surface area contributed by atoms with Crippen LogP contribution in [-0.4, -0.2) is 11.6 Å². The normalized spacial score (nSPS) is 36.7. The minimum Gasteiger partial charge on any atom is -0.459 e. The van der Waals surface area contributed by atoms with E-state index in [1.807, 2.05) is 24.3 Å². The van der Waals surface area contributed by atoms with E-state index in [0.717, 1.165) is 48.3 Å². The van der Waals surface area contributed by atoms with Crippen LogP contribution < -0.4 is 5.73 Å². The fourth-order valence-corrected chi connectivity index (χ4v) is 5.24. The molecule has 4 saturated carbocycles. The standard InChI is InChI=1S/C18H23NO2/c19-16-3-1-12(2-4-16)8-17(20)21-18-9-13-5-14(10-18)7-15(6-13)11-18/h1-4,13-15H,5-11,19H2. The molecule has 0 unspecified atom stereocenters. The minimum absolute atomic E-state index is 0.0679. The molecule has 4 fully saturated rings. The van der Waals surface area contributed by atoms with Crippen molar-refractivity contribution in [3.05, 3.63) is 29.8 Å². The first kappa shape index (κ1) is 13.2. The molecule has 0 radical (unpaired) electrons. The number of carbonyl (C=O) groups excluding carboxylic acids is 1. The number of anilines is 1. The molecule has 0 amide bonds. The fourth-order valence-electron chi connectivity index (χ4n) is 5.24. The molecule has 4 aliphatic carbocycles. The van der Waals surface area contributed by atoms with Crippen molar-refractivity contribution < 1.29 is 9.53 Å². The number of nitrogen functional groups attached to an aromatic ring is 1. The SMILES string of the molecule is Nc1ccc(CC(=O)OC23CC4CC(CC(C4)C2)C3)cc1. The van der Waals surface area contributed by atoms with Gasteiger partial charge in [0.15, 0.2) is 0 Å². The van der Waals surface area contributed by atoms with Crippen LogP contribution in [0.1, 0.15) is 44.1 Å². The highest BCUT2D eigenvalue weighted by molar-refractivity contribution is 5.73. The van der Waals surface area contributed by atoms with Crippen LogP contribution in [0.15, 0.2) is 24.3 Å². The van der Waals surface area contributed by atoms with E-state index in [4.69, 9.17) is 10.5 Å². The summed E-state index contributed by atoms with van der Waals surface area (Å²) in [6.07, 6.45) is 7.78. The highest BCUT2D eigenvalue weighted by atomic mass is 16.6. The quantitative estimate of drug-likeness (QED) is 0.684. The second-order valence-electron chi connectivity index (χ2n) is 7.49. The van der Waals surface area contributed by atoms with Gasteiger partial charge in [0, 0.05) is 5.69 Å². The van der Waals surface area contributed by atoms with Crippen molar-refractivity contribution in [1.82, 2.24) is 0 Å². The summed E-state index contributed by atoms with van der Waals surface area (Å²) in [5, 5.41) is 0. The Kier molecular flexibility index (Phi) is 2.98. The van der Waals surface area contributed by atoms with Gasteiger partial charge in [-0.05, 0) is 74.0 Å². The predicted octanol–water partition coefficient (Wildman–Crippen LogP) is 3.32. The minimum atomic E-state index is -0.125. The molecular formula is C18H23NO2. The molecule has 0 aromatic heterocycles. The zero-order valence-electron chi connectivity index (χ0n) is 12.4. The Morgan fingerprint density at radius 3 is 2.10 bits per heavy atom. The lowest BCUT2D eigenvalue weighted by molar-refractivity contribution is -0.185. The molecule has 112 valence electrons. The molecule has 5 rings (SSSR count). The number of rotatable bonds is 3. The van der Waals surface area contributed by atoms with Crippen LogP contribution in [0.4, 0.5) is 5.69 Å². The zero-order chi connectivity index (χ0) is 14.4. The van der Waals surface area contributed by atoms with Gasteiger partial charge in [-0.1, -0.05) is 12.1 Å². The maximum atomic E-state index is 12.3. The van der Waals surface area contributed by atoms with Crippen molar-refractivity contribution in [3.8, 4) is 0 Å². The maximum Gasteiger partial charge on any atom is 0.310 e. The van der Waals surface area contributed by atoms with Crippen molar-refractivity contribution in [3.63, 3.8) is 0 Å². The number of esters is 1. The summed E-state index contributed by atoms with van der Waals surface area (Å²) in [7, 11) is 0. The van der Waals surface area contributed by atoms with Gasteiger partial charge in [0.1, 0.15) is 5.60 Å². The van der Waals surface area contributed by atoms with Gasteiger partial charge in [0.25, 0.3) is 0 Å². The Hall–Kier alpha value is -1.51. The van der Waals surface area contributed by atoms with Crippen LogP contribution in [0.3, 0.4) is 0 Å². The van der Waals surface area contributed by atoms with Gasteiger partial charge in [-0.3, -0.25) is 4.79 Å². The second-order valence-corrected chi connectivity index (χ2v) is 7.49. The molecule has 3 nitrogen and oxygen atoms in total. The Bertz CT molecular complexity index is 514. The van der Waals surface area contributed by atoms with Crippen molar-refractivity contribution in [1.29, 1.82) is 0 Å². The summed E-state index contributed by atoms with van der Waals surface area (Å²) in [6, 6.07) is 7.51. The van der Waals surface area contributed by atoms with E-state index in [1.54, 1.807) is 0 Å². The summed E-state index contributed by atoms with van der Waals surface area (Å²) in [5.41, 5.74) is 7.27. The number of ether oxygens (including phenoxy) is 1. The average molecular weight is 285 g/mol. The smallest absolute Gasteiger partial charge is 0.310 e. The number of carbonyl (C=O) groups is 1. The Morgan fingerprint density at radius 1 is 1.05 bits per heavy atom. The Balaban J connectivity index is 1.43. The number of nitrogens with two attached hydrogens (primary N) is 1. The van der Waals surface area contributed by atoms with Crippen LogP contribution in [0.5, 0.6) is 0 Å². The summed E-state index contributed by atoms with van der Waals surface area (Å²) in [5.74, 6) is 2.35. The molecule has 0 saturated heterocycles. The van der Waals surface area contributed by atoms with Gasteiger partial charge in [-0.15, -0.1) is 0 Å². The van der Waals surface area contributed by atoms with Crippen LogP contribution in [-0.2, 0) is 16.0 Å². The molecule has 4 bridgehead atoms. The second kappa shape index (κ2) is 4.75. The van der Waals surface area contributed by atoms with E-state index in [-0.39, 0.29) is 11.6 Å². The largest absolute Gasteiger partial charge is 0.459 e. The van der Waals surface area contributed by atoms with Crippen molar-refractivity contribution in [2.45, 2.75) is 50.5 Å². The van der Waals surface area contributed by atoms with E-state index in [9.17, 15) is 4.79 Å². The molecule has 4 aliphatic rings. The summed E-state index contributed by atoms with van der Waals surface area (Å²) in [4.78, 5) is 12.3. The average Bonchev–Trinajstić information content (AvgIpc) is 2.39. The first-order valence-electron chi connectivity index (χ1n) is 8.16. The predicted molar refractivity (Wildman–Crippen MR) is 81.6 cm³/mol. The zero-order valence-corrected chi connectivity index (χ0v) is 12.4. The monoisotopic (exact) mass is 285 g/mol. The van der Waals surface area contributed by atoms with Gasteiger partial charge in [0.2, 0.25) is 0 Å². The lowest BCUT2D eigenvalue weighted by atomic mass is 9.54. The van der Waals surface area contributed by atoms with Gasteiger partial charge in [0.05, 0.1) is 6.42 Å². The van der Waals surface area contributed by atoms with Gasteiger partial charge < -0.3 is 10.5 Å². The topological polar surface area (TPSA) is 52.3 Å². The number of benzene rings is 1.